The van der Waals surface area contributed by atoms with Crippen LogP contribution >= 0.6 is 0 Å². The number of fused-ring (bicyclic) bond motifs is 1. The van der Waals surface area contributed by atoms with Crippen molar-refractivity contribution in [3.8, 4) is 0 Å². The Morgan fingerprint density at radius 2 is 1.79 bits per heavy atom. The van der Waals surface area contributed by atoms with Gasteiger partial charge in [-0.05, 0) is 94.5 Å². The van der Waals surface area contributed by atoms with E-state index in [0.29, 0.717) is 18.4 Å². The molecular formula is C26H42O3. The summed E-state index contributed by atoms with van der Waals surface area (Å²) >= 11 is 0. The average Bonchev–Trinajstić information content (AvgIpc) is 3.08. The molecule has 0 radical (unpaired) electrons. The van der Waals surface area contributed by atoms with Crippen molar-refractivity contribution in [2.24, 2.45) is 23.7 Å². The van der Waals surface area contributed by atoms with E-state index in [0.717, 1.165) is 42.1 Å². The lowest BCUT2D eigenvalue weighted by atomic mass is 9.71. The van der Waals surface area contributed by atoms with Crippen LogP contribution in [0.2, 0.25) is 0 Å². The summed E-state index contributed by atoms with van der Waals surface area (Å²) in [5, 5.41) is 30.2. The first-order valence-corrected chi connectivity index (χ1v) is 11.8. The zero-order valence-electron chi connectivity index (χ0n) is 18.7. The van der Waals surface area contributed by atoms with E-state index in [9.17, 15) is 15.3 Å². The zero-order valence-corrected chi connectivity index (χ0v) is 18.7. The fourth-order valence-electron chi connectivity index (χ4n) is 6.11. The van der Waals surface area contributed by atoms with Crippen LogP contribution in [0.1, 0.15) is 85.0 Å². The normalized spacial score (nSPS) is 35.7. The Balaban J connectivity index is 1.61. The third kappa shape index (κ3) is 5.83. The van der Waals surface area contributed by atoms with E-state index in [1.54, 1.807) is 5.57 Å². The smallest absolute Gasteiger partial charge is 0.0809 e. The second kappa shape index (κ2) is 9.49. The van der Waals surface area contributed by atoms with Gasteiger partial charge in [0, 0.05) is 0 Å². The van der Waals surface area contributed by atoms with Gasteiger partial charge in [-0.15, -0.1) is 0 Å². The second-order valence-corrected chi connectivity index (χ2v) is 10.7. The van der Waals surface area contributed by atoms with E-state index >= 15 is 0 Å². The molecule has 0 heterocycles. The number of hydrogen-bond acceptors (Lipinski definition) is 3. The number of allylic oxidation sites excluding steroid dienone is 3. The lowest BCUT2D eigenvalue weighted by Gasteiger charge is -2.34. The van der Waals surface area contributed by atoms with Gasteiger partial charge in [-0.1, -0.05) is 49.6 Å². The Hall–Kier alpha value is -0.900. The largest absolute Gasteiger partial charge is 0.390 e. The molecule has 29 heavy (non-hydrogen) atoms. The molecule has 0 amide bonds. The molecule has 3 nitrogen and oxygen atoms in total. The zero-order chi connectivity index (χ0) is 21.2. The first kappa shape index (κ1) is 22.8. The molecule has 3 heteroatoms. The van der Waals surface area contributed by atoms with Crippen molar-refractivity contribution < 1.29 is 15.3 Å². The fraction of sp³-hybridized carbons (Fsp3) is 0.769. The maximum Gasteiger partial charge on any atom is 0.0809 e. The summed E-state index contributed by atoms with van der Waals surface area (Å²) in [7, 11) is 0. The van der Waals surface area contributed by atoms with Crippen LogP contribution in [0.25, 0.3) is 0 Å². The van der Waals surface area contributed by atoms with Gasteiger partial charge in [0.1, 0.15) is 0 Å². The Labute approximate surface area is 177 Å². The third-order valence-corrected chi connectivity index (χ3v) is 7.84. The Morgan fingerprint density at radius 1 is 1.10 bits per heavy atom. The van der Waals surface area contributed by atoms with Crippen LogP contribution < -0.4 is 0 Å². The fourth-order valence-corrected chi connectivity index (χ4v) is 6.11. The summed E-state index contributed by atoms with van der Waals surface area (Å²) in [5.74, 6) is 3.09. The summed E-state index contributed by atoms with van der Waals surface area (Å²) in [6, 6.07) is 0. The third-order valence-electron chi connectivity index (χ3n) is 7.84. The lowest BCUT2D eigenvalue weighted by molar-refractivity contribution is 0.0651. The summed E-state index contributed by atoms with van der Waals surface area (Å²) in [6.45, 7) is 10.1. The van der Waals surface area contributed by atoms with E-state index in [1.807, 2.05) is 13.8 Å². The van der Waals surface area contributed by atoms with E-state index in [2.05, 4.69) is 25.7 Å². The van der Waals surface area contributed by atoms with Gasteiger partial charge in [0.25, 0.3) is 0 Å². The summed E-state index contributed by atoms with van der Waals surface area (Å²) in [5.41, 5.74) is 2.75. The van der Waals surface area contributed by atoms with E-state index in [-0.39, 0.29) is 0 Å². The molecule has 3 rings (SSSR count). The molecule has 3 saturated carbocycles. The number of rotatable bonds is 6. The SMILES string of the molecule is C=C1[C@H](O)CC(=CC=C2CCC[C@@H]3C([C@@H](C)CCCC(C)(C)O)CC[C@@H]23)C[C@H]1O. The van der Waals surface area contributed by atoms with Crippen molar-refractivity contribution in [1.29, 1.82) is 0 Å². The van der Waals surface area contributed by atoms with Crippen LogP contribution in [0, 0.1) is 23.7 Å². The number of hydrogen-bond donors (Lipinski definition) is 3. The molecule has 0 aromatic rings. The highest BCUT2D eigenvalue weighted by Crippen LogP contribution is 2.51. The minimum atomic E-state index is -0.608. The van der Waals surface area contributed by atoms with Crippen LogP contribution in [0.5, 0.6) is 0 Å². The molecule has 3 N–H and O–H groups in total. The van der Waals surface area contributed by atoms with Gasteiger partial charge < -0.3 is 15.3 Å². The summed E-state index contributed by atoms with van der Waals surface area (Å²) in [6.07, 6.45) is 14.2. The molecule has 6 atom stereocenters. The van der Waals surface area contributed by atoms with Crippen molar-refractivity contribution in [2.75, 3.05) is 0 Å². The maximum absolute atomic E-state index is 10.1. The molecule has 3 aliphatic rings. The Bertz CT molecular complexity index is 623. The first-order chi connectivity index (χ1) is 13.7. The first-order valence-electron chi connectivity index (χ1n) is 11.8. The second-order valence-electron chi connectivity index (χ2n) is 10.7. The van der Waals surface area contributed by atoms with Crippen LogP contribution in [-0.2, 0) is 0 Å². The lowest BCUT2D eigenvalue weighted by Crippen LogP contribution is -2.28. The monoisotopic (exact) mass is 402 g/mol. The van der Waals surface area contributed by atoms with Crippen LogP contribution in [0.4, 0.5) is 0 Å². The van der Waals surface area contributed by atoms with E-state index in [4.69, 9.17) is 0 Å². The van der Waals surface area contributed by atoms with Crippen LogP contribution in [0.15, 0.2) is 35.5 Å². The summed E-state index contributed by atoms with van der Waals surface area (Å²) in [4.78, 5) is 0. The minimum Gasteiger partial charge on any atom is -0.390 e. The van der Waals surface area contributed by atoms with Gasteiger partial charge in [0.2, 0.25) is 0 Å². The molecule has 0 aliphatic heterocycles. The molecule has 0 aromatic carbocycles. The molecule has 3 aliphatic carbocycles. The maximum atomic E-state index is 10.1. The highest BCUT2D eigenvalue weighted by Gasteiger charge is 2.41. The predicted octanol–water partition coefficient (Wildman–Crippen LogP) is 5.31. The topological polar surface area (TPSA) is 60.7 Å². The Kier molecular flexibility index (Phi) is 7.46. The van der Waals surface area contributed by atoms with Gasteiger partial charge in [-0.25, -0.2) is 0 Å². The van der Waals surface area contributed by atoms with Crippen LogP contribution in [-0.4, -0.2) is 33.1 Å². The molecular weight excluding hydrogens is 360 g/mol. The van der Waals surface area contributed by atoms with E-state index in [1.165, 1.54) is 38.5 Å². The number of aliphatic hydroxyl groups excluding tert-OH is 2. The Morgan fingerprint density at radius 3 is 2.45 bits per heavy atom. The molecule has 0 aromatic heterocycles. The van der Waals surface area contributed by atoms with Gasteiger partial charge in [-0.3, -0.25) is 0 Å². The van der Waals surface area contributed by atoms with E-state index < -0.39 is 17.8 Å². The van der Waals surface area contributed by atoms with Crippen molar-refractivity contribution >= 4 is 0 Å². The van der Waals surface area contributed by atoms with Crippen molar-refractivity contribution in [2.45, 2.75) is 103 Å². The van der Waals surface area contributed by atoms with Crippen molar-refractivity contribution in [1.82, 2.24) is 0 Å². The highest BCUT2D eigenvalue weighted by atomic mass is 16.3. The van der Waals surface area contributed by atoms with Crippen molar-refractivity contribution in [3.63, 3.8) is 0 Å². The van der Waals surface area contributed by atoms with Crippen molar-refractivity contribution in [3.05, 3.63) is 35.5 Å². The molecule has 0 spiro atoms. The van der Waals surface area contributed by atoms with Crippen LogP contribution in [0.3, 0.4) is 0 Å². The average molecular weight is 403 g/mol. The molecule has 164 valence electrons. The standard InChI is InChI=1S/C26H42O3/c1-17(7-6-14-26(3,4)29)21-12-13-22-20(8-5-9-23(21)22)11-10-19-15-24(27)18(2)25(28)16-19/h10-11,17,21-25,27-29H,2,5-9,12-16H2,1,3-4H3/t17-,21?,22-,23+,24+,25+/m0/s1. The molecule has 3 fully saturated rings. The van der Waals surface area contributed by atoms with Gasteiger partial charge in [0.05, 0.1) is 17.8 Å². The highest BCUT2D eigenvalue weighted by molar-refractivity contribution is 5.28. The molecule has 0 bridgehead atoms. The molecule has 1 unspecified atom stereocenters. The summed E-state index contributed by atoms with van der Waals surface area (Å²) < 4.78 is 0. The minimum absolute atomic E-state index is 0.543. The van der Waals surface area contributed by atoms with Gasteiger partial charge in [-0.2, -0.15) is 0 Å². The van der Waals surface area contributed by atoms with Gasteiger partial charge in [0.15, 0.2) is 0 Å². The van der Waals surface area contributed by atoms with Gasteiger partial charge >= 0.3 is 0 Å². The molecule has 0 saturated heterocycles. The number of aliphatic hydroxyl groups is 3. The quantitative estimate of drug-likeness (QED) is 0.527. The predicted molar refractivity (Wildman–Crippen MR) is 119 cm³/mol.